The van der Waals surface area contributed by atoms with Gasteiger partial charge in [0.15, 0.2) is 11.5 Å². The third-order valence-electron chi connectivity index (χ3n) is 3.55. The van der Waals surface area contributed by atoms with Crippen LogP contribution in [0.1, 0.15) is 37.7 Å². The molecule has 0 spiro atoms. The van der Waals surface area contributed by atoms with Crippen LogP contribution in [0.15, 0.2) is 12.1 Å². The number of benzene rings is 1. The highest BCUT2D eigenvalue weighted by molar-refractivity contribution is 6.31. The largest absolute Gasteiger partial charge is 0.504 e. The number of methoxy groups -OCH3 is 1. The van der Waals surface area contributed by atoms with Gasteiger partial charge < -0.3 is 15.6 Å². The molecule has 1 aromatic carbocycles. The quantitative estimate of drug-likeness (QED) is 0.853. The zero-order valence-electron chi connectivity index (χ0n) is 10.0. The van der Waals surface area contributed by atoms with E-state index in [1.54, 1.807) is 12.1 Å². The van der Waals surface area contributed by atoms with Gasteiger partial charge in [-0.05, 0) is 25.0 Å². The first-order valence-electron chi connectivity index (χ1n) is 5.93. The Bertz CT molecular complexity index is 414. The van der Waals surface area contributed by atoms with E-state index < -0.39 is 5.54 Å². The van der Waals surface area contributed by atoms with Crippen molar-refractivity contribution in [3.05, 3.63) is 22.7 Å². The second-order valence-corrected chi connectivity index (χ2v) is 5.10. The molecule has 0 unspecified atom stereocenters. The van der Waals surface area contributed by atoms with E-state index >= 15 is 0 Å². The molecule has 0 atom stereocenters. The smallest absolute Gasteiger partial charge is 0.164 e. The van der Waals surface area contributed by atoms with Gasteiger partial charge in [0.1, 0.15) is 0 Å². The molecule has 0 saturated heterocycles. The highest BCUT2D eigenvalue weighted by Gasteiger charge is 2.34. The van der Waals surface area contributed by atoms with Gasteiger partial charge in [0.25, 0.3) is 0 Å². The number of ether oxygens (including phenoxy) is 1. The standard InChI is InChI=1S/C13H18ClNO2/c1-17-10-6-5-9(14)11(12(10)16)13(15)7-3-2-4-8-13/h5-6,16H,2-4,7-8,15H2,1H3. The van der Waals surface area contributed by atoms with Crippen LogP contribution < -0.4 is 10.5 Å². The number of hydrogen-bond donors (Lipinski definition) is 2. The van der Waals surface area contributed by atoms with Crippen LogP contribution in [0, 0.1) is 0 Å². The van der Waals surface area contributed by atoms with Crippen LogP contribution in [0.5, 0.6) is 11.5 Å². The van der Waals surface area contributed by atoms with Gasteiger partial charge in [-0.25, -0.2) is 0 Å². The molecule has 3 nitrogen and oxygen atoms in total. The van der Waals surface area contributed by atoms with Gasteiger partial charge in [0.05, 0.1) is 7.11 Å². The molecule has 3 N–H and O–H groups in total. The highest BCUT2D eigenvalue weighted by atomic mass is 35.5. The van der Waals surface area contributed by atoms with Crippen molar-refractivity contribution in [3.8, 4) is 11.5 Å². The van der Waals surface area contributed by atoms with Gasteiger partial charge in [-0.1, -0.05) is 30.9 Å². The molecule has 0 amide bonds. The molecule has 1 aliphatic carbocycles. The summed E-state index contributed by atoms with van der Waals surface area (Å²) in [6.07, 6.45) is 5.05. The van der Waals surface area contributed by atoms with E-state index in [1.807, 2.05) is 0 Å². The molecule has 0 bridgehead atoms. The third-order valence-corrected chi connectivity index (χ3v) is 3.87. The van der Waals surface area contributed by atoms with Crippen molar-refractivity contribution >= 4 is 11.6 Å². The van der Waals surface area contributed by atoms with Crippen molar-refractivity contribution in [2.24, 2.45) is 5.73 Å². The molecular weight excluding hydrogens is 238 g/mol. The van der Waals surface area contributed by atoms with Crippen molar-refractivity contribution < 1.29 is 9.84 Å². The molecule has 0 aliphatic heterocycles. The summed E-state index contributed by atoms with van der Waals surface area (Å²) in [6.45, 7) is 0. The van der Waals surface area contributed by atoms with Crippen LogP contribution in [0.25, 0.3) is 0 Å². The van der Waals surface area contributed by atoms with Crippen LogP contribution in [0.2, 0.25) is 5.02 Å². The van der Waals surface area contributed by atoms with Gasteiger partial charge in [-0.15, -0.1) is 0 Å². The van der Waals surface area contributed by atoms with Crippen LogP contribution in [0.3, 0.4) is 0 Å². The van der Waals surface area contributed by atoms with Gasteiger partial charge >= 0.3 is 0 Å². The van der Waals surface area contributed by atoms with E-state index in [4.69, 9.17) is 22.1 Å². The van der Waals surface area contributed by atoms with E-state index in [-0.39, 0.29) is 5.75 Å². The van der Waals surface area contributed by atoms with E-state index in [0.29, 0.717) is 16.3 Å². The summed E-state index contributed by atoms with van der Waals surface area (Å²) in [5, 5.41) is 10.7. The molecule has 0 heterocycles. The van der Waals surface area contributed by atoms with Crippen LogP contribution in [-0.4, -0.2) is 12.2 Å². The van der Waals surface area contributed by atoms with Gasteiger partial charge in [-0.3, -0.25) is 0 Å². The minimum absolute atomic E-state index is 0.0874. The van der Waals surface area contributed by atoms with Crippen molar-refractivity contribution in [1.29, 1.82) is 0 Å². The molecule has 1 saturated carbocycles. The Hall–Kier alpha value is -0.930. The first-order chi connectivity index (χ1) is 8.08. The summed E-state index contributed by atoms with van der Waals surface area (Å²) in [6, 6.07) is 3.39. The van der Waals surface area contributed by atoms with Crippen molar-refractivity contribution in [2.45, 2.75) is 37.6 Å². The fourth-order valence-electron chi connectivity index (χ4n) is 2.62. The third kappa shape index (κ3) is 2.22. The lowest BCUT2D eigenvalue weighted by Gasteiger charge is -2.35. The predicted molar refractivity (Wildman–Crippen MR) is 68.6 cm³/mol. The highest BCUT2D eigenvalue weighted by Crippen LogP contribution is 2.45. The van der Waals surface area contributed by atoms with Crippen LogP contribution >= 0.6 is 11.6 Å². The number of phenols is 1. The number of phenolic OH excluding ortho intramolecular Hbond substituents is 1. The summed E-state index contributed by atoms with van der Waals surface area (Å²) in [5.41, 5.74) is 6.52. The minimum atomic E-state index is -0.520. The maximum Gasteiger partial charge on any atom is 0.164 e. The predicted octanol–water partition coefficient (Wildman–Crippen LogP) is 3.17. The second kappa shape index (κ2) is 4.75. The normalized spacial score (nSPS) is 19.0. The molecule has 4 heteroatoms. The zero-order valence-corrected chi connectivity index (χ0v) is 10.8. The Balaban J connectivity index is 2.49. The van der Waals surface area contributed by atoms with Crippen molar-refractivity contribution in [1.82, 2.24) is 0 Å². The lowest BCUT2D eigenvalue weighted by Crippen LogP contribution is -2.39. The zero-order chi connectivity index (χ0) is 12.5. The molecule has 0 radical (unpaired) electrons. The summed E-state index contributed by atoms with van der Waals surface area (Å²) in [5.74, 6) is 0.518. The van der Waals surface area contributed by atoms with Gasteiger partial charge in [0, 0.05) is 16.1 Å². The second-order valence-electron chi connectivity index (χ2n) is 4.69. The Labute approximate surface area is 107 Å². The fourth-order valence-corrected chi connectivity index (χ4v) is 2.96. The van der Waals surface area contributed by atoms with Gasteiger partial charge in [0.2, 0.25) is 0 Å². The Kier molecular flexibility index (Phi) is 3.50. The molecule has 0 aromatic heterocycles. The van der Waals surface area contributed by atoms with Crippen LogP contribution in [-0.2, 0) is 5.54 Å². The number of nitrogens with two attached hydrogens (primary N) is 1. The first kappa shape index (κ1) is 12.5. The summed E-state index contributed by atoms with van der Waals surface area (Å²) in [4.78, 5) is 0. The maximum atomic E-state index is 10.2. The summed E-state index contributed by atoms with van der Waals surface area (Å²) < 4.78 is 5.11. The molecular formula is C13H18ClNO2. The number of hydrogen-bond acceptors (Lipinski definition) is 3. The Morgan fingerprint density at radius 2 is 1.94 bits per heavy atom. The average molecular weight is 256 g/mol. The monoisotopic (exact) mass is 255 g/mol. The van der Waals surface area contributed by atoms with Crippen LogP contribution in [0.4, 0.5) is 0 Å². The molecule has 17 heavy (non-hydrogen) atoms. The van der Waals surface area contributed by atoms with E-state index in [0.717, 1.165) is 25.7 Å². The number of halogens is 1. The molecule has 1 fully saturated rings. The molecule has 2 rings (SSSR count). The average Bonchev–Trinajstić information content (AvgIpc) is 2.30. The van der Waals surface area contributed by atoms with E-state index in [9.17, 15) is 5.11 Å². The van der Waals surface area contributed by atoms with Crippen molar-refractivity contribution in [2.75, 3.05) is 7.11 Å². The molecule has 1 aromatic rings. The molecule has 94 valence electrons. The lowest BCUT2D eigenvalue weighted by molar-refractivity contribution is 0.286. The molecule has 1 aliphatic rings. The van der Waals surface area contributed by atoms with Crippen molar-refractivity contribution in [3.63, 3.8) is 0 Å². The maximum absolute atomic E-state index is 10.2. The summed E-state index contributed by atoms with van der Waals surface area (Å²) in [7, 11) is 1.52. The van der Waals surface area contributed by atoms with E-state index in [2.05, 4.69) is 0 Å². The number of rotatable bonds is 2. The topological polar surface area (TPSA) is 55.5 Å². The fraction of sp³-hybridized carbons (Fsp3) is 0.538. The SMILES string of the molecule is COc1ccc(Cl)c(C2(N)CCCCC2)c1O. The van der Waals surface area contributed by atoms with E-state index in [1.165, 1.54) is 13.5 Å². The number of aromatic hydroxyl groups is 1. The Morgan fingerprint density at radius 3 is 2.53 bits per heavy atom. The minimum Gasteiger partial charge on any atom is -0.504 e. The summed E-state index contributed by atoms with van der Waals surface area (Å²) >= 11 is 6.19. The Morgan fingerprint density at radius 1 is 1.29 bits per heavy atom. The van der Waals surface area contributed by atoms with Gasteiger partial charge in [-0.2, -0.15) is 0 Å². The lowest BCUT2D eigenvalue weighted by atomic mass is 9.77. The first-order valence-corrected chi connectivity index (χ1v) is 6.31.